The molecule has 3 N–H and O–H groups in total. The SMILES string of the molecule is Cc1cc(C)c(S(=O)(=O)NC(Cc2cnn(CCCc3ccc4c(n3)NCCC4)c2)C(=O)O)c(C)c1. The molecule has 1 aliphatic heterocycles. The molecule has 3 heterocycles. The quantitative estimate of drug-likeness (QED) is 0.382. The molecular weight excluding hydrogens is 478 g/mol. The van der Waals surface area contributed by atoms with Crippen LogP contribution in [0.4, 0.5) is 5.82 Å². The summed E-state index contributed by atoms with van der Waals surface area (Å²) >= 11 is 0. The number of pyridine rings is 1. The van der Waals surface area contributed by atoms with E-state index in [9.17, 15) is 18.3 Å². The Morgan fingerprint density at radius 1 is 1.22 bits per heavy atom. The van der Waals surface area contributed by atoms with Crippen molar-refractivity contribution in [3.05, 3.63) is 70.2 Å². The van der Waals surface area contributed by atoms with Gasteiger partial charge >= 0.3 is 5.97 Å². The summed E-state index contributed by atoms with van der Waals surface area (Å²) in [6, 6.07) is 6.46. The van der Waals surface area contributed by atoms with Crippen LogP contribution in [0.15, 0.2) is 41.6 Å². The Labute approximate surface area is 212 Å². The molecule has 0 bridgehead atoms. The first-order valence-electron chi connectivity index (χ1n) is 12.2. The van der Waals surface area contributed by atoms with Crippen LogP contribution < -0.4 is 10.0 Å². The normalized spacial score (nSPS) is 14.2. The van der Waals surface area contributed by atoms with Crippen molar-refractivity contribution >= 4 is 21.8 Å². The zero-order chi connectivity index (χ0) is 25.9. The van der Waals surface area contributed by atoms with Gasteiger partial charge in [0.25, 0.3) is 0 Å². The van der Waals surface area contributed by atoms with Gasteiger partial charge in [-0.3, -0.25) is 9.48 Å². The van der Waals surface area contributed by atoms with Crippen LogP contribution in [0, 0.1) is 20.8 Å². The van der Waals surface area contributed by atoms with Crippen molar-refractivity contribution in [2.24, 2.45) is 0 Å². The highest BCUT2D eigenvalue weighted by Crippen LogP contribution is 2.23. The number of hydrogen-bond acceptors (Lipinski definition) is 6. The summed E-state index contributed by atoms with van der Waals surface area (Å²) < 4.78 is 30.2. The number of aliphatic carboxylic acids is 1. The van der Waals surface area contributed by atoms with Gasteiger partial charge in [0, 0.05) is 31.4 Å². The Morgan fingerprint density at radius 3 is 2.69 bits per heavy atom. The highest BCUT2D eigenvalue weighted by atomic mass is 32.2. The fourth-order valence-electron chi connectivity index (χ4n) is 4.82. The lowest BCUT2D eigenvalue weighted by Gasteiger charge is -2.17. The summed E-state index contributed by atoms with van der Waals surface area (Å²) in [5, 5.41) is 17.4. The number of carboxylic acids is 1. The van der Waals surface area contributed by atoms with Gasteiger partial charge in [-0.15, -0.1) is 0 Å². The second-order valence-corrected chi connectivity index (χ2v) is 11.2. The lowest BCUT2D eigenvalue weighted by molar-refractivity contribution is -0.138. The molecule has 1 atom stereocenters. The predicted octanol–water partition coefficient (Wildman–Crippen LogP) is 3.17. The number of anilines is 1. The molecule has 9 nitrogen and oxygen atoms in total. The van der Waals surface area contributed by atoms with Crippen LogP contribution in [-0.2, 0) is 40.6 Å². The number of hydrogen-bond donors (Lipinski definition) is 3. The average molecular weight is 512 g/mol. The molecule has 0 amide bonds. The fourth-order valence-corrected chi connectivity index (χ4v) is 6.46. The number of carbonyl (C=O) groups is 1. The van der Waals surface area contributed by atoms with E-state index >= 15 is 0 Å². The zero-order valence-corrected chi connectivity index (χ0v) is 21.7. The molecule has 0 saturated carbocycles. The number of fused-ring (bicyclic) bond motifs is 1. The van der Waals surface area contributed by atoms with Crippen LogP contribution in [0.25, 0.3) is 0 Å². The third kappa shape index (κ3) is 6.11. The Hall–Kier alpha value is -3.24. The number of nitrogens with one attached hydrogen (secondary N) is 2. The monoisotopic (exact) mass is 511 g/mol. The van der Waals surface area contributed by atoms with E-state index in [0.717, 1.165) is 49.3 Å². The molecule has 192 valence electrons. The lowest BCUT2D eigenvalue weighted by atomic mass is 10.1. The van der Waals surface area contributed by atoms with E-state index in [1.807, 2.05) is 6.92 Å². The minimum Gasteiger partial charge on any atom is -0.480 e. The maximum absolute atomic E-state index is 13.1. The molecule has 3 aromatic rings. The Balaban J connectivity index is 1.37. The zero-order valence-electron chi connectivity index (χ0n) is 20.9. The van der Waals surface area contributed by atoms with Crippen LogP contribution in [-0.4, -0.2) is 46.8 Å². The summed E-state index contributed by atoms with van der Waals surface area (Å²) in [7, 11) is -4.02. The standard InChI is InChI=1S/C26H33N5O4S/c1-17-12-18(2)24(19(3)13-17)36(34,35)30-23(26(32)33)14-20-15-28-31(16-20)11-5-7-22-9-8-21-6-4-10-27-25(21)29-22/h8-9,12-13,15-16,23,30H,4-7,10-11,14H2,1-3H3,(H,27,29)(H,32,33). The Kier molecular flexibility index (Phi) is 7.75. The molecule has 4 rings (SSSR count). The molecule has 2 aromatic heterocycles. The van der Waals surface area contributed by atoms with Crippen LogP contribution in [0.3, 0.4) is 0 Å². The van der Waals surface area contributed by atoms with Gasteiger partial charge in [-0.05, 0) is 74.8 Å². The molecule has 0 spiro atoms. The Morgan fingerprint density at radius 2 is 1.97 bits per heavy atom. The summed E-state index contributed by atoms with van der Waals surface area (Å²) in [5.74, 6) is -0.251. The first kappa shape index (κ1) is 25.8. The highest BCUT2D eigenvalue weighted by molar-refractivity contribution is 7.89. The molecule has 0 radical (unpaired) electrons. The van der Waals surface area contributed by atoms with Crippen molar-refractivity contribution in [1.82, 2.24) is 19.5 Å². The topological polar surface area (TPSA) is 126 Å². The summed E-state index contributed by atoms with van der Waals surface area (Å²) in [5.41, 5.74) is 5.06. The van der Waals surface area contributed by atoms with E-state index in [4.69, 9.17) is 4.98 Å². The van der Waals surface area contributed by atoms with Gasteiger partial charge in [-0.25, -0.2) is 13.4 Å². The number of aromatic nitrogens is 3. The van der Waals surface area contributed by atoms with E-state index in [-0.39, 0.29) is 11.3 Å². The summed E-state index contributed by atoms with van der Waals surface area (Å²) in [6.45, 7) is 6.92. The summed E-state index contributed by atoms with van der Waals surface area (Å²) in [6.07, 6.45) is 7.18. The largest absolute Gasteiger partial charge is 0.480 e. The van der Waals surface area contributed by atoms with E-state index < -0.39 is 22.0 Å². The van der Waals surface area contributed by atoms with Gasteiger partial charge in [0.2, 0.25) is 10.0 Å². The van der Waals surface area contributed by atoms with Gasteiger partial charge in [0.05, 0.1) is 11.1 Å². The van der Waals surface area contributed by atoms with Gasteiger partial charge in [-0.1, -0.05) is 23.8 Å². The second-order valence-electron chi connectivity index (χ2n) is 9.50. The van der Waals surface area contributed by atoms with Crippen molar-refractivity contribution in [3.63, 3.8) is 0 Å². The molecular formula is C26H33N5O4S. The van der Waals surface area contributed by atoms with E-state index in [1.165, 1.54) is 5.56 Å². The third-order valence-electron chi connectivity index (χ3n) is 6.37. The highest BCUT2D eigenvalue weighted by Gasteiger charge is 2.28. The molecule has 1 unspecified atom stereocenters. The smallest absolute Gasteiger partial charge is 0.322 e. The van der Waals surface area contributed by atoms with Crippen molar-refractivity contribution in [2.75, 3.05) is 11.9 Å². The lowest BCUT2D eigenvalue weighted by Crippen LogP contribution is -2.42. The third-order valence-corrected chi connectivity index (χ3v) is 8.14. The van der Waals surface area contributed by atoms with Crippen LogP contribution in [0.5, 0.6) is 0 Å². The number of carboxylic acid groups (broad SMARTS) is 1. The minimum atomic E-state index is -4.02. The van der Waals surface area contributed by atoms with Crippen LogP contribution in [0.1, 0.15) is 46.4 Å². The average Bonchev–Trinajstić information content (AvgIpc) is 3.24. The van der Waals surface area contributed by atoms with Gasteiger partial charge in [-0.2, -0.15) is 9.82 Å². The first-order chi connectivity index (χ1) is 17.1. The minimum absolute atomic E-state index is 0.00341. The van der Waals surface area contributed by atoms with Crippen molar-refractivity contribution in [3.8, 4) is 0 Å². The summed E-state index contributed by atoms with van der Waals surface area (Å²) in [4.78, 5) is 16.7. The van der Waals surface area contributed by atoms with E-state index in [2.05, 4.69) is 27.3 Å². The second kappa shape index (κ2) is 10.8. The van der Waals surface area contributed by atoms with Crippen molar-refractivity contribution < 1.29 is 18.3 Å². The van der Waals surface area contributed by atoms with Crippen LogP contribution in [0.2, 0.25) is 0 Å². The van der Waals surface area contributed by atoms with Crippen molar-refractivity contribution in [2.45, 2.75) is 70.4 Å². The molecule has 0 aliphatic carbocycles. The van der Waals surface area contributed by atoms with Gasteiger partial charge in [0.1, 0.15) is 11.9 Å². The molecule has 0 saturated heterocycles. The number of sulfonamides is 1. The first-order valence-corrected chi connectivity index (χ1v) is 13.7. The number of rotatable bonds is 10. The molecule has 0 fully saturated rings. The maximum Gasteiger partial charge on any atom is 0.322 e. The maximum atomic E-state index is 13.1. The van der Waals surface area contributed by atoms with Crippen molar-refractivity contribution in [1.29, 1.82) is 0 Å². The molecule has 10 heteroatoms. The number of benzene rings is 1. The fraction of sp³-hybridized carbons (Fsp3) is 0.423. The van der Waals surface area contributed by atoms with Gasteiger partial charge in [0.15, 0.2) is 0 Å². The predicted molar refractivity (Wildman–Crippen MR) is 138 cm³/mol. The van der Waals surface area contributed by atoms with E-state index in [0.29, 0.717) is 23.2 Å². The number of nitrogens with zero attached hydrogens (tertiary/aromatic N) is 3. The molecule has 1 aliphatic rings. The van der Waals surface area contributed by atoms with E-state index in [1.54, 1.807) is 43.1 Å². The van der Waals surface area contributed by atoms with Crippen LogP contribution >= 0.6 is 0 Å². The molecule has 1 aromatic carbocycles. The number of aryl methyl sites for hydroxylation is 6. The molecule has 36 heavy (non-hydrogen) atoms. The Bertz CT molecular complexity index is 1340. The van der Waals surface area contributed by atoms with Gasteiger partial charge < -0.3 is 10.4 Å².